The first kappa shape index (κ1) is 20.6. The van der Waals surface area contributed by atoms with Crippen LogP contribution in [0.5, 0.6) is 11.5 Å². The summed E-state index contributed by atoms with van der Waals surface area (Å²) in [6.45, 7) is 3.62. The molecule has 1 aliphatic rings. The van der Waals surface area contributed by atoms with Crippen LogP contribution in [0.25, 0.3) is 5.69 Å². The molecule has 0 atom stereocenters. The maximum Gasteiger partial charge on any atom is 0.230 e. The van der Waals surface area contributed by atoms with Crippen molar-refractivity contribution in [2.45, 2.75) is 18.5 Å². The molecule has 30 heavy (non-hydrogen) atoms. The molecule has 9 heteroatoms. The number of hydrogen-bond donors (Lipinski definition) is 1. The van der Waals surface area contributed by atoms with Crippen molar-refractivity contribution in [1.82, 2.24) is 20.1 Å². The summed E-state index contributed by atoms with van der Waals surface area (Å²) >= 11 is 7.55. The molecule has 7 nitrogen and oxygen atoms in total. The largest absolute Gasteiger partial charge is 0.486 e. The molecular formula is C21H21ClN4O3S. The van der Waals surface area contributed by atoms with Gasteiger partial charge in [-0.1, -0.05) is 35.5 Å². The third-order valence-electron chi connectivity index (χ3n) is 4.62. The van der Waals surface area contributed by atoms with Gasteiger partial charge in [0.05, 0.1) is 11.4 Å². The second-order valence-electron chi connectivity index (χ2n) is 6.78. The van der Waals surface area contributed by atoms with Crippen molar-refractivity contribution in [3.63, 3.8) is 0 Å². The third kappa shape index (κ3) is 4.88. The highest BCUT2D eigenvalue weighted by Gasteiger charge is 2.13. The molecule has 0 unspecified atom stereocenters. The van der Waals surface area contributed by atoms with Crippen LogP contribution in [0.15, 0.2) is 47.9 Å². The van der Waals surface area contributed by atoms with Crippen molar-refractivity contribution in [3.05, 3.63) is 58.9 Å². The maximum atomic E-state index is 12.3. The predicted molar refractivity (Wildman–Crippen MR) is 116 cm³/mol. The van der Waals surface area contributed by atoms with Gasteiger partial charge in [0.25, 0.3) is 0 Å². The van der Waals surface area contributed by atoms with Gasteiger partial charge in [-0.05, 0) is 48.7 Å². The minimum Gasteiger partial charge on any atom is -0.486 e. The molecule has 156 valence electrons. The Morgan fingerprint density at radius 3 is 2.87 bits per heavy atom. The number of aromatic nitrogens is 3. The molecule has 0 aliphatic carbocycles. The Kier molecular flexibility index (Phi) is 6.44. The Morgan fingerprint density at radius 2 is 2.03 bits per heavy atom. The summed E-state index contributed by atoms with van der Waals surface area (Å²) in [7, 11) is 0. The van der Waals surface area contributed by atoms with Crippen LogP contribution in [0.2, 0.25) is 5.02 Å². The summed E-state index contributed by atoms with van der Waals surface area (Å²) in [5.41, 5.74) is 2.94. The molecule has 3 aromatic rings. The van der Waals surface area contributed by atoms with Crippen molar-refractivity contribution >= 4 is 29.3 Å². The summed E-state index contributed by atoms with van der Waals surface area (Å²) in [5, 5.41) is 12.3. The molecule has 0 fully saturated rings. The number of amides is 1. The maximum absolute atomic E-state index is 12.3. The molecule has 1 N–H and O–H groups in total. The number of hydrogen-bond acceptors (Lipinski definition) is 6. The van der Waals surface area contributed by atoms with Crippen molar-refractivity contribution in [2.75, 3.05) is 25.5 Å². The molecule has 2 heterocycles. The summed E-state index contributed by atoms with van der Waals surface area (Å²) < 4.78 is 12.9. The minimum atomic E-state index is -0.0611. The van der Waals surface area contributed by atoms with Crippen LogP contribution >= 0.6 is 23.4 Å². The summed E-state index contributed by atoms with van der Waals surface area (Å²) in [5.74, 6) is 1.72. The third-order valence-corrected chi connectivity index (χ3v) is 5.98. The molecule has 0 saturated carbocycles. The van der Waals surface area contributed by atoms with Crippen molar-refractivity contribution in [3.8, 4) is 17.2 Å². The number of nitrogens with zero attached hydrogens (tertiary/aromatic N) is 3. The lowest BCUT2D eigenvalue weighted by Crippen LogP contribution is -2.27. The van der Waals surface area contributed by atoms with Gasteiger partial charge < -0.3 is 14.8 Å². The van der Waals surface area contributed by atoms with Gasteiger partial charge in [0.1, 0.15) is 19.5 Å². The quantitative estimate of drug-likeness (QED) is 0.562. The van der Waals surface area contributed by atoms with Crippen molar-refractivity contribution < 1.29 is 14.3 Å². The Labute approximate surface area is 183 Å². The fraction of sp³-hybridized carbons (Fsp3) is 0.286. The standard InChI is InChI=1S/C21H21ClN4O3S/c1-14-2-4-16(11-17(14)22)26-13-24-25-21(26)30-12-20(27)23-7-6-15-3-5-18-19(10-15)29-9-8-28-18/h2-5,10-11,13H,6-9,12H2,1H3,(H,23,27). The van der Waals surface area contributed by atoms with E-state index in [9.17, 15) is 4.79 Å². The van der Waals surface area contributed by atoms with E-state index in [1.54, 1.807) is 6.33 Å². The number of carbonyl (C=O) groups is 1. The molecule has 1 aliphatic heterocycles. The van der Waals surface area contributed by atoms with E-state index in [1.165, 1.54) is 11.8 Å². The zero-order valence-corrected chi connectivity index (χ0v) is 18.0. The average Bonchev–Trinajstić information content (AvgIpc) is 3.23. The van der Waals surface area contributed by atoms with E-state index in [-0.39, 0.29) is 11.7 Å². The van der Waals surface area contributed by atoms with Crippen molar-refractivity contribution in [1.29, 1.82) is 0 Å². The number of benzene rings is 2. The molecule has 0 saturated heterocycles. The SMILES string of the molecule is Cc1ccc(-n2cnnc2SCC(=O)NCCc2ccc3c(c2)OCCO3)cc1Cl. The molecule has 1 amide bonds. The highest BCUT2D eigenvalue weighted by atomic mass is 35.5. The number of aryl methyl sites for hydroxylation is 1. The second-order valence-corrected chi connectivity index (χ2v) is 8.13. The van der Waals surface area contributed by atoms with E-state index in [1.807, 2.05) is 47.9 Å². The van der Waals surface area contributed by atoms with Crippen LogP contribution in [0.3, 0.4) is 0 Å². The number of fused-ring (bicyclic) bond motifs is 1. The molecule has 0 spiro atoms. The lowest BCUT2D eigenvalue weighted by Gasteiger charge is -2.18. The molecule has 4 rings (SSSR count). The van der Waals surface area contributed by atoms with E-state index in [4.69, 9.17) is 21.1 Å². The number of nitrogens with one attached hydrogen (secondary N) is 1. The average molecular weight is 445 g/mol. The van der Waals surface area contributed by atoms with Crippen LogP contribution in [-0.4, -0.2) is 46.2 Å². The lowest BCUT2D eigenvalue weighted by molar-refractivity contribution is -0.118. The van der Waals surface area contributed by atoms with Crippen molar-refractivity contribution in [2.24, 2.45) is 0 Å². The Balaban J connectivity index is 1.27. The Morgan fingerprint density at radius 1 is 1.20 bits per heavy atom. The Bertz CT molecular complexity index is 1060. The lowest BCUT2D eigenvalue weighted by atomic mass is 10.1. The number of carbonyl (C=O) groups excluding carboxylic acids is 1. The van der Waals surface area contributed by atoms with Gasteiger partial charge in [-0.15, -0.1) is 10.2 Å². The van der Waals surface area contributed by atoms with Gasteiger partial charge in [-0.2, -0.15) is 0 Å². The van der Waals surface area contributed by atoms with Crippen LogP contribution in [0.1, 0.15) is 11.1 Å². The smallest absolute Gasteiger partial charge is 0.230 e. The van der Waals surface area contributed by atoms with Crippen LogP contribution in [0.4, 0.5) is 0 Å². The zero-order chi connectivity index (χ0) is 20.9. The number of thioether (sulfide) groups is 1. The second kappa shape index (κ2) is 9.40. The zero-order valence-electron chi connectivity index (χ0n) is 16.4. The predicted octanol–water partition coefficient (Wildman–Crippen LogP) is 3.45. The normalized spacial score (nSPS) is 12.6. The topological polar surface area (TPSA) is 78.3 Å². The fourth-order valence-electron chi connectivity index (χ4n) is 3.00. The monoisotopic (exact) mass is 444 g/mol. The number of ether oxygens (including phenoxy) is 2. The molecule has 1 aromatic heterocycles. The summed E-state index contributed by atoms with van der Waals surface area (Å²) in [6.07, 6.45) is 2.33. The van der Waals surface area contributed by atoms with Gasteiger partial charge in [0, 0.05) is 11.6 Å². The fourth-order valence-corrected chi connectivity index (χ4v) is 3.94. The van der Waals surface area contributed by atoms with Gasteiger partial charge in [0.15, 0.2) is 16.7 Å². The highest BCUT2D eigenvalue weighted by Crippen LogP contribution is 2.30. The van der Waals surface area contributed by atoms with E-state index in [0.717, 1.165) is 28.3 Å². The van der Waals surface area contributed by atoms with Crippen LogP contribution < -0.4 is 14.8 Å². The summed E-state index contributed by atoms with van der Waals surface area (Å²) in [6, 6.07) is 11.6. The van der Waals surface area contributed by atoms with Crippen LogP contribution in [0, 0.1) is 6.92 Å². The van der Waals surface area contributed by atoms with Gasteiger partial charge in [-0.3, -0.25) is 9.36 Å². The van der Waals surface area contributed by atoms with Gasteiger partial charge >= 0.3 is 0 Å². The summed E-state index contributed by atoms with van der Waals surface area (Å²) in [4.78, 5) is 12.3. The van der Waals surface area contributed by atoms with E-state index in [0.29, 0.717) is 36.4 Å². The van der Waals surface area contributed by atoms with E-state index >= 15 is 0 Å². The van der Waals surface area contributed by atoms with E-state index in [2.05, 4.69) is 15.5 Å². The molecular weight excluding hydrogens is 424 g/mol. The van der Waals surface area contributed by atoms with Crippen LogP contribution in [-0.2, 0) is 11.2 Å². The highest BCUT2D eigenvalue weighted by molar-refractivity contribution is 7.99. The first-order valence-electron chi connectivity index (χ1n) is 9.55. The molecule has 2 aromatic carbocycles. The molecule has 0 radical (unpaired) electrons. The number of halogens is 1. The minimum absolute atomic E-state index is 0.0611. The van der Waals surface area contributed by atoms with E-state index < -0.39 is 0 Å². The first-order valence-corrected chi connectivity index (χ1v) is 10.9. The molecule has 0 bridgehead atoms. The van der Waals surface area contributed by atoms with Gasteiger partial charge in [0.2, 0.25) is 5.91 Å². The van der Waals surface area contributed by atoms with Gasteiger partial charge in [-0.25, -0.2) is 0 Å². The number of rotatable bonds is 7. The Hall–Kier alpha value is -2.71. The first-order chi connectivity index (χ1) is 14.6.